The van der Waals surface area contributed by atoms with Gasteiger partial charge in [0.2, 0.25) is 0 Å². The van der Waals surface area contributed by atoms with Crippen molar-refractivity contribution in [2.45, 2.75) is 6.10 Å². The van der Waals surface area contributed by atoms with Gasteiger partial charge in [0.25, 0.3) is 0 Å². The number of amidine groups is 1. The fourth-order valence-electron chi connectivity index (χ4n) is 1.28. The maximum atomic E-state index is 9.29. The first-order valence-corrected chi connectivity index (χ1v) is 4.18. The van der Waals surface area contributed by atoms with Crippen LogP contribution in [0.15, 0.2) is 28.4 Å². The van der Waals surface area contributed by atoms with Crippen molar-refractivity contribution < 1.29 is 5.11 Å². The summed E-state index contributed by atoms with van der Waals surface area (Å²) in [6.07, 6.45) is 5.06. The van der Waals surface area contributed by atoms with Crippen LogP contribution >= 0.6 is 11.6 Å². The molecule has 0 amide bonds. The molecule has 2 heterocycles. The number of fused-ring (bicyclic) bond motifs is 1. The Morgan fingerprint density at radius 1 is 1.58 bits per heavy atom. The van der Waals surface area contributed by atoms with E-state index in [0.717, 1.165) is 5.84 Å². The lowest BCUT2D eigenvalue weighted by atomic mass is 10.2. The van der Waals surface area contributed by atoms with Gasteiger partial charge in [0.05, 0.1) is 24.2 Å². The van der Waals surface area contributed by atoms with Gasteiger partial charge < -0.3 is 10.0 Å². The van der Waals surface area contributed by atoms with E-state index in [1.54, 1.807) is 12.3 Å². The molecule has 1 N–H and O–H groups in total. The average molecular weight is 185 g/mol. The van der Waals surface area contributed by atoms with E-state index in [1.807, 2.05) is 11.0 Å². The summed E-state index contributed by atoms with van der Waals surface area (Å²) in [6, 6.07) is 0. The fourth-order valence-corrected chi connectivity index (χ4v) is 1.46. The highest BCUT2D eigenvalue weighted by Crippen LogP contribution is 2.15. The maximum Gasteiger partial charge on any atom is 0.127 e. The molecule has 2 aliphatic heterocycles. The van der Waals surface area contributed by atoms with Crippen LogP contribution in [0.3, 0.4) is 0 Å². The zero-order valence-corrected chi connectivity index (χ0v) is 7.20. The molecule has 0 fully saturated rings. The first kappa shape index (κ1) is 7.83. The van der Waals surface area contributed by atoms with E-state index in [4.69, 9.17) is 11.6 Å². The molecule has 1 atom stereocenters. The molecule has 0 saturated carbocycles. The summed E-state index contributed by atoms with van der Waals surface area (Å²) in [7, 11) is 0. The van der Waals surface area contributed by atoms with Crippen LogP contribution in [0, 0.1) is 0 Å². The van der Waals surface area contributed by atoms with Gasteiger partial charge >= 0.3 is 0 Å². The van der Waals surface area contributed by atoms with Gasteiger partial charge in [-0.2, -0.15) is 0 Å². The lowest BCUT2D eigenvalue weighted by Gasteiger charge is -2.29. The van der Waals surface area contributed by atoms with Gasteiger partial charge in [-0.1, -0.05) is 11.6 Å². The number of hydrogen-bond donors (Lipinski definition) is 1. The minimum atomic E-state index is -0.374. The first-order valence-electron chi connectivity index (χ1n) is 3.80. The van der Waals surface area contributed by atoms with Gasteiger partial charge in [-0.25, -0.2) is 0 Å². The molecule has 0 radical (unpaired) electrons. The van der Waals surface area contributed by atoms with Crippen molar-refractivity contribution in [2.24, 2.45) is 4.99 Å². The third-order valence-electron chi connectivity index (χ3n) is 1.84. The molecule has 12 heavy (non-hydrogen) atoms. The summed E-state index contributed by atoms with van der Waals surface area (Å²) in [5.74, 6) is 0.879. The number of allylic oxidation sites excluding steroid dienone is 2. The highest BCUT2D eigenvalue weighted by Gasteiger charge is 2.19. The first-order chi connectivity index (χ1) is 5.75. The van der Waals surface area contributed by atoms with E-state index in [1.165, 1.54) is 0 Å². The summed E-state index contributed by atoms with van der Waals surface area (Å²) in [5.41, 5.74) is 0. The maximum absolute atomic E-state index is 9.29. The Labute approximate surface area is 75.7 Å². The summed E-state index contributed by atoms with van der Waals surface area (Å²) in [4.78, 5) is 6.03. The Bertz CT molecular complexity index is 283. The van der Waals surface area contributed by atoms with Gasteiger partial charge in [0.15, 0.2) is 0 Å². The normalized spacial score (nSPS) is 27.8. The smallest absolute Gasteiger partial charge is 0.127 e. The Balaban J connectivity index is 2.25. The lowest BCUT2D eigenvalue weighted by Crippen LogP contribution is -2.39. The number of halogens is 1. The predicted octanol–water partition coefficient (Wildman–Crippen LogP) is 0.711. The minimum Gasteiger partial charge on any atom is -0.389 e. The minimum absolute atomic E-state index is 0.374. The third kappa shape index (κ3) is 1.38. The molecule has 64 valence electrons. The molecule has 2 rings (SSSR count). The van der Waals surface area contributed by atoms with Crippen molar-refractivity contribution in [3.8, 4) is 0 Å². The molecular weight excluding hydrogens is 176 g/mol. The number of aliphatic hydroxyl groups is 1. The predicted molar refractivity (Wildman–Crippen MR) is 48.1 cm³/mol. The van der Waals surface area contributed by atoms with Crippen LogP contribution in [0.1, 0.15) is 0 Å². The highest BCUT2D eigenvalue weighted by atomic mass is 35.5. The molecule has 0 saturated heterocycles. The molecule has 2 aliphatic rings. The second kappa shape index (κ2) is 2.92. The molecular formula is C8H9ClN2O. The number of rotatable bonds is 0. The summed E-state index contributed by atoms with van der Waals surface area (Å²) in [6.45, 7) is 1.07. The molecule has 0 aromatic rings. The van der Waals surface area contributed by atoms with Gasteiger partial charge in [0.1, 0.15) is 5.84 Å². The van der Waals surface area contributed by atoms with Crippen LogP contribution in [0.2, 0.25) is 0 Å². The summed E-state index contributed by atoms with van der Waals surface area (Å²) in [5, 5.41) is 9.96. The molecule has 0 aromatic heterocycles. The Morgan fingerprint density at radius 3 is 3.25 bits per heavy atom. The molecule has 0 aromatic carbocycles. The number of aliphatic hydroxyl groups excluding tert-OH is 1. The van der Waals surface area contributed by atoms with Gasteiger partial charge in [0, 0.05) is 6.20 Å². The van der Waals surface area contributed by atoms with Crippen LogP contribution in [-0.2, 0) is 0 Å². The van der Waals surface area contributed by atoms with Crippen molar-refractivity contribution in [3.63, 3.8) is 0 Å². The van der Waals surface area contributed by atoms with Gasteiger partial charge in [-0.15, -0.1) is 0 Å². The highest BCUT2D eigenvalue weighted by molar-refractivity contribution is 6.31. The van der Waals surface area contributed by atoms with Crippen molar-refractivity contribution in [2.75, 3.05) is 13.1 Å². The molecule has 3 nitrogen and oxygen atoms in total. The quantitative estimate of drug-likeness (QED) is 0.602. The number of hydrogen-bond acceptors (Lipinski definition) is 3. The van der Waals surface area contributed by atoms with Crippen molar-refractivity contribution >= 4 is 17.4 Å². The lowest BCUT2D eigenvalue weighted by molar-refractivity contribution is 0.154. The van der Waals surface area contributed by atoms with Gasteiger partial charge in [-0.05, 0) is 12.2 Å². The SMILES string of the molecule is OC1CN=C2C=CC(Cl)=CN2C1. The van der Waals surface area contributed by atoms with Gasteiger partial charge in [-0.3, -0.25) is 4.99 Å². The fraction of sp³-hybridized carbons (Fsp3) is 0.375. The second-order valence-electron chi connectivity index (χ2n) is 2.85. The zero-order valence-electron chi connectivity index (χ0n) is 6.44. The van der Waals surface area contributed by atoms with E-state index >= 15 is 0 Å². The standard InChI is InChI=1S/C8H9ClN2O/c9-6-1-2-8-10-3-7(12)5-11(8)4-6/h1-2,4,7,12H,3,5H2. The molecule has 0 bridgehead atoms. The van der Waals surface area contributed by atoms with Crippen LogP contribution in [0.25, 0.3) is 0 Å². The van der Waals surface area contributed by atoms with Crippen LogP contribution < -0.4 is 0 Å². The summed E-state index contributed by atoms with van der Waals surface area (Å²) >= 11 is 5.78. The number of aliphatic imine (C=N–C) groups is 1. The molecule has 1 unspecified atom stereocenters. The zero-order chi connectivity index (χ0) is 8.55. The molecule has 4 heteroatoms. The van der Waals surface area contributed by atoms with Crippen molar-refractivity contribution in [3.05, 3.63) is 23.4 Å². The van der Waals surface area contributed by atoms with Crippen LogP contribution in [0.4, 0.5) is 0 Å². The van der Waals surface area contributed by atoms with Crippen molar-refractivity contribution in [1.29, 1.82) is 0 Å². The Hall–Kier alpha value is -0.800. The number of nitrogens with zero attached hydrogens (tertiary/aromatic N) is 2. The Kier molecular flexibility index (Phi) is 1.90. The largest absolute Gasteiger partial charge is 0.389 e. The third-order valence-corrected chi connectivity index (χ3v) is 2.06. The summed E-state index contributed by atoms with van der Waals surface area (Å²) < 4.78 is 0. The van der Waals surface area contributed by atoms with E-state index in [-0.39, 0.29) is 6.10 Å². The van der Waals surface area contributed by atoms with Crippen LogP contribution in [-0.4, -0.2) is 35.0 Å². The van der Waals surface area contributed by atoms with E-state index in [9.17, 15) is 5.11 Å². The second-order valence-corrected chi connectivity index (χ2v) is 3.29. The van der Waals surface area contributed by atoms with E-state index in [2.05, 4.69) is 4.99 Å². The van der Waals surface area contributed by atoms with Crippen molar-refractivity contribution in [1.82, 2.24) is 4.90 Å². The topological polar surface area (TPSA) is 35.8 Å². The average Bonchev–Trinajstić information content (AvgIpc) is 2.03. The Morgan fingerprint density at radius 2 is 2.42 bits per heavy atom. The monoisotopic (exact) mass is 184 g/mol. The van der Waals surface area contributed by atoms with Crippen LogP contribution in [0.5, 0.6) is 0 Å². The van der Waals surface area contributed by atoms with E-state index in [0.29, 0.717) is 18.1 Å². The molecule has 0 spiro atoms. The molecule has 0 aliphatic carbocycles. The van der Waals surface area contributed by atoms with E-state index < -0.39 is 0 Å².